The number of nitrogens with two attached hydrogens (primary N) is 1. The van der Waals surface area contributed by atoms with Crippen LogP contribution in [-0.2, 0) is 0 Å². The number of hydrogen-bond acceptors (Lipinski definition) is 3. The standard InChI is InChI=1S/C13H22BrN3/c1-9(2)6-13(4,8-15)17-12-10(3)5-11(14)7-16-12/h5,7,9H,6,8,15H2,1-4H3,(H,16,17). The minimum atomic E-state index is -0.0975. The number of halogens is 1. The van der Waals surface area contributed by atoms with Crippen molar-refractivity contribution in [2.45, 2.75) is 39.7 Å². The molecule has 4 heteroatoms. The van der Waals surface area contributed by atoms with Crippen LogP contribution in [0.1, 0.15) is 32.8 Å². The van der Waals surface area contributed by atoms with Gasteiger partial charge in [0.25, 0.3) is 0 Å². The Morgan fingerprint density at radius 2 is 2.18 bits per heavy atom. The second-order valence-corrected chi connectivity index (χ2v) is 6.22. The van der Waals surface area contributed by atoms with Crippen LogP contribution in [0.3, 0.4) is 0 Å². The molecule has 17 heavy (non-hydrogen) atoms. The predicted molar refractivity (Wildman–Crippen MR) is 77.2 cm³/mol. The van der Waals surface area contributed by atoms with Crippen LogP contribution in [-0.4, -0.2) is 17.1 Å². The van der Waals surface area contributed by atoms with Gasteiger partial charge in [-0.2, -0.15) is 0 Å². The fourth-order valence-electron chi connectivity index (χ4n) is 2.04. The van der Waals surface area contributed by atoms with Gasteiger partial charge in [-0.25, -0.2) is 4.98 Å². The van der Waals surface area contributed by atoms with Crippen LogP contribution in [0.15, 0.2) is 16.7 Å². The van der Waals surface area contributed by atoms with Gasteiger partial charge < -0.3 is 11.1 Å². The molecule has 0 fully saturated rings. The number of rotatable bonds is 5. The molecule has 0 saturated carbocycles. The lowest BCUT2D eigenvalue weighted by Crippen LogP contribution is -2.44. The van der Waals surface area contributed by atoms with E-state index in [1.807, 2.05) is 13.1 Å². The summed E-state index contributed by atoms with van der Waals surface area (Å²) in [5.41, 5.74) is 6.91. The number of nitrogens with one attached hydrogen (secondary N) is 1. The van der Waals surface area contributed by atoms with Gasteiger partial charge in [-0.3, -0.25) is 0 Å². The fraction of sp³-hybridized carbons (Fsp3) is 0.615. The molecule has 0 saturated heterocycles. The number of hydrogen-bond donors (Lipinski definition) is 2. The summed E-state index contributed by atoms with van der Waals surface area (Å²) in [6.45, 7) is 9.21. The zero-order chi connectivity index (χ0) is 13.1. The zero-order valence-electron chi connectivity index (χ0n) is 11.0. The van der Waals surface area contributed by atoms with E-state index >= 15 is 0 Å². The maximum Gasteiger partial charge on any atom is 0.129 e. The van der Waals surface area contributed by atoms with Gasteiger partial charge in [0.05, 0.1) is 0 Å². The molecule has 96 valence electrons. The van der Waals surface area contributed by atoms with Crippen LogP contribution in [0.2, 0.25) is 0 Å². The van der Waals surface area contributed by atoms with Crippen LogP contribution in [0.4, 0.5) is 5.82 Å². The van der Waals surface area contributed by atoms with Crippen molar-refractivity contribution in [2.75, 3.05) is 11.9 Å². The fourth-order valence-corrected chi connectivity index (χ4v) is 2.49. The highest BCUT2D eigenvalue weighted by molar-refractivity contribution is 9.10. The Morgan fingerprint density at radius 3 is 2.65 bits per heavy atom. The Balaban J connectivity index is 2.87. The molecular formula is C13H22BrN3. The third-order valence-electron chi connectivity index (χ3n) is 2.77. The highest BCUT2D eigenvalue weighted by atomic mass is 79.9. The summed E-state index contributed by atoms with van der Waals surface area (Å²) in [7, 11) is 0. The molecule has 3 N–H and O–H groups in total. The third-order valence-corrected chi connectivity index (χ3v) is 3.21. The minimum absolute atomic E-state index is 0.0975. The zero-order valence-corrected chi connectivity index (χ0v) is 12.6. The molecule has 0 radical (unpaired) electrons. The summed E-state index contributed by atoms with van der Waals surface area (Å²) < 4.78 is 0.999. The normalized spacial score (nSPS) is 14.8. The first kappa shape index (κ1) is 14.5. The van der Waals surface area contributed by atoms with Crippen molar-refractivity contribution in [1.29, 1.82) is 0 Å². The number of pyridine rings is 1. The van der Waals surface area contributed by atoms with Crippen LogP contribution in [0.5, 0.6) is 0 Å². The summed E-state index contributed by atoms with van der Waals surface area (Å²) in [4.78, 5) is 4.40. The first-order valence-electron chi connectivity index (χ1n) is 5.97. The van der Waals surface area contributed by atoms with Crippen molar-refractivity contribution >= 4 is 21.7 Å². The van der Waals surface area contributed by atoms with E-state index in [4.69, 9.17) is 5.73 Å². The van der Waals surface area contributed by atoms with Crippen molar-refractivity contribution in [3.05, 3.63) is 22.3 Å². The van der Waals surface area contributed by atoms with Crippen molar-refractivity contribution in [3.63, 3.8) is 0 Å². The largest absolute Gasteiger partial charge is 0.363 e. The molecule has 0 aliphatic carbocycles. The summed E-state index contributed by atoms with van der Waals surface area (Å²) in [6, 6.07) is 2.06. The Kier molecular flexibility index (Phi) is 4.95. The Morgan fingerprint density at radius 1 is 1.53 bits per heavy atom. The van der Waals surface area contributed by atoms with Crippen LogP contribution in [0.25, 0.3) is 0 Å². The first-order chi connectivity index (χ1) is 7.86. The maximum absolute atomic E-state index is 5.88. The molecule has 1 aromatic rings. The van der Waals surface area contributed by atoms with E-state index in [1.165, 1.54) is 0 Å². The van der Waals surface area contributed by atoms with E-state index < -0.39 is 0 Å². The van der Waals surface area contributed by atoms with Gasteiger partial charge in [0.2, 0.25) is 0 Å². The van der Waals surface area contributed by atoms with Crippen molar-refractivity contribution < 1.29 is 0 Å². The molecule has 0 amide bonds. The molecule has 1 aromatic heterocycles. The second kappa shape index (κ2) is 5.83. The molecule has 0 aromatic carbocycles. The monoisotopic (exact) mass is 299 g/mol. The van der Waals surface area contributed by atoms with E-state index in [-0.39, 0.29) is 5.54 Å². The molecule has 0 bridgehead atoms. The SMILES string of the molecule is Cc1cc(Br)cnc1NC(C)(CN)CC(C)C. The van der Waals surface area contributed by atoms with E-state index in [0.29, 0.717) is 12.5 Å². The average molecular weight is 300 g/mol. The molecule has 3 nitrogen and oxygen atoms in total. The molecule has 0 aliphatic rings. The molecule has 1 heterocycles. The van der Waals surface area contributed by atoms with Gasteiger partial charge in [-0.1, -0.05) is 13.8 Å². The van der Waals surface area contributed by atoms with Crippen LogP contribution in [0, 0.1) is 12.8 Å². The Bertz CT molecular complexity index is 379. The van der Waals surface area contributed by atoms with Crippen LogP contribution >= 0.6 is 15.9 Å². The van der Waals surface area contributed by atoms with Gasteiger partial charge in [-0.15, -0.1) is 0 Å². The lowest BCUT2D eigenvalue weighted by atomic mass is 9.90. The number of anilines is 1. The van der Waals surface area contributed by atoms with Crippen LogP contribution < -0.4 is 11.1 Å². The molecule has 1 rings (SSSR count). The third kappa shape index (κ3) is 4.28. The lowest BCUT2D eigenvalue weighted by molar-refractivity contribution is 0.406. The maximum atomic E-state index is 5.88. The first-order valence-corrected chi connectivity index (χ1v) is 6.76. The van der Waals surface area contributed by atoms with Crippen molar-refractivity contribution in [1.82, 2.24) is 4.98 Å². The smallest absolute Gasteiger partial charge is 0.129 e. The van der Waals surface area contributed by atoms with E-state index in [1.54, 1.807) is 0 Å². The summed E-state index contributed by atoms with van der Waals surface area (Å²) in [5, 5.41) is 3.47. The Hall–Kier alpha value is -0.610. The predicted octanol–water partition coefficient (Wildman–Crippen LogP) is 3.33. The number of nitrogens with zero attached hydrogens (tertiary/aromatic N) is 1. The van der Waals surface area contributed by atoms with Crippen molar-refractivity contribution in [2.24, 2.45) is 11.7 Å². The Labute approximate surface area is 112 Å². The second-order valence-electron chi connectivity index (χ2n) is 5.31. The van der Waals surface area contributed by atoms with Gasteiger partial charge in [0.15, 0.2) is 0 Å². The quantitative estimate of drug-likeness (QED) is 0.877. The van der Waals surface area contributed by atoms with E-state index in [9.17, 15) is 0 Å². The molecule has 0 aliphatic heterocycles. The van der Waals surface area contributed by atoms with E-state index in [0.717, 1.165) is 22.3 Å². The molecule has 0 spiro atoms. The van der Waals surface area contributed by atoms with Gasteiger partial charge in [0.1, 0.15) is 5.82 Å². The number of aromatic nitrogens is 1. The minimum Gasteiger partial charge on any atom is -0.363 e. The van der Waals surface area contributed by atoms with Crippen molar-refractivity contribution in [3.8, 4) is 0 Å². The molecule has 1 atom stereocenters. The average Bonchev–Trinajstić information content (AvgIpc) is 2.21. The van der Waals surface area contributed by atoms with Gasteiger partial charge >= 0.3 is 0 Å². The lowest BCUT2D eigenvalue weighted by Gasteiger charge is -2.32. The van der Waals surface area contributed by atoms with Gasteiger partial charge in [0, 0.05) is 22.8 Å². The molecule has 1 unspecified atom stereocenters. The van der Waals surface area contributed by atoms with E-state index in [2.05, 4.69) is 53.1 Å². The summed E-state index contributed by atoms with van der Waals surface area (Å²) in [5.74, 6) is 1.52. The molecular weight excluding hydrogens is 278 g/mol. The summed E-state index contributed by atoms with van der Waals surface area (Å²) in [6.07, 6.45) is 2.84. The van der Waals surface area contributed by atoms with Gasteiger partial charge in [-0.05, 0) is 53.7 Å². The summed E-state index contributed by atoms with van der Waals surface area (Å²) >= 11 is 3.42. The highest BCUT2D eigenvalue weighted by Gasteiger charge is 2.24. The number of aryl methyl sites for hydroxylation is 1. The highest BCUT2D eigenvalue weighted by Crippen LogP contribution is 2.24. The topological polar surface area (TPSA) is 50.9 Å².